The molecule has 1 aliphatic rings. The molecule has 0 radical (unpaired) electrons. The van der Waals surface area contributed by atoms with Crippen LogP contribution >= 0.6 is 11.6 Å². The monoisotopic (exact) mass is 407 g/mol. The highest BCUT2D eigenvalue weighted by molar-refractivity contribution is 6.30. The lowest BCUT2D eigenvalue weighted by atomic mass is 10.1. The second-order valence-electron chi connectivity index (χ2n) is 6.41. The maximum Gasteiger partial charge on any atom is 0.416 e. The molecule has 2 aromatic carbocycles. The molecule has 1 saturated heterocycles. The molecule has 28 heavy (non-hydrogen) atoms. The fourth-order valence-electron chi connectivity index (χ4n) is 3.07. The van der Waals surface area contributed by atoms with Gasteiger partial charge in [0.05, 0.1) is 11.5 Å². The van der Waals surface area contributed by atoms with E-state index in [1.807, 2.05) is 0 Å². The Morgan fingerprint density at radius 2 is 1.75 bits per heavy atom. The van der Waals surface area contributed by atoms with Gasteiger partial charge in [0.1, 0.15) is 0 Å². The van der Waals surface area contributed by atoms with Gasteiger partial charge in [0.25, 0.3) is 0 Å². The molecule has 0 unspecified atom stereocenters. The standard InChI is InChI=1S/C19H13ClF3N3O2/c20-14-5-7-15(8-6-14)26-10-12(9-16(26)27)18-24-17(25-28-18)11-1-3-13(4-2-11)19(21,22)23/h1-8,12H,9-10H2/t12-/m0/s1. The summed E-state index contributed by atoms with van der Waals surface area (Å²) >= 11 is 5.88. The summed E-state index contributed by atoms with van der Waals surface area (Å²) in [5, 5.41) is 4.42. The van der Waals surface area contributed by atoms with Crippen molar-refractivity contribution in [3.63, 3.8) is 0 Å². The number of alkyl halides is 3. The van der Waals surface area contributed by atoms with Crippen molar-refractivity contribution in [2.45, 2.75) is 18.5 Å². The van der Waals surface area contributed by atoms with Gasteiger partial charge in [-0.25, -0.2) is 0 Å². The Balaban J connectivity index is 1.52. The van der Waals surface area contributed by atoms with Gasteiger partial charge in [-0.05, 0) is 36.4 Å². The number of hydrogen-bond donors (Lipinski definition) is 0. The average molecular weight is 408 g/mol. The molecule has 1 fully saturated rings. The Kier molecular flexibility index (Phi) is 4.58. The van der Waals surface area contributed by atoms with Crippen LogP contribution in [0.25, 0.3) is 11.4 Å². The van der Waals surface area contributed by atoms with Gasteiger partial charge in [-0.15, -0.1) is 0 Å². The molecule has 4 rings (SSSR count). The highest BCUT2D eigenvalue weighted by atomic mass is 35.5. The van der Waals surface area contributed by atoms with Gasteiger partial charge in [-0.2, -0.15) is 18.2 Å². The largest absolute Gasteiger partial charge is 0.416 e. The predicted molar refractivity (Wildman–Crippen MR) is 95.9 cm³/mol. The molecule has 0 aliphatic carbocycles. The van der Waals surface area contributed by atoms with Crippen molar-refractivity contribution in [1.82, 2.24) is 10.1 Å². The highest BCUT2D eigenvalue weighted by Gasteiger charge is 2.35. The van der Waals surface area contributed by atoms with Crippen LogP contribution in [0.5, 0.6) is 0 Å². The number of carbonyl (C=O) groups excluding carboxylic acids is 1. The van der Waals surface area contributed by atoms with Gasteiger partial charge >= 0.3 is 6.18 Å². The minimum Gasteiger partial charge on any atom is -0.339 e. The van der Waals surface area contributed by atoms with E-state index >= 15 is 0 Å². The lowest BCUT2D eigenvalue weighted by Crippen LogP contribution is -2.24. The number of anilines is 1. The normalized spacial score (nSPS) is 17.4. The number of halogens is 4. The molecule has 9 heteroatoms. The first-order valence-electron chi connectivity index (χ1n) is 8.38. The zero-order chi connectivity index (χ0) is 19.9. The van der Waals surface area contributed by atoms with Gasteiger partial charge in [-0.1, -0.05) is 28.9 Å². The van der Waals surface area contributed by atoms with E-state index < -0.39 is 11.7 Å². The fraction of sp³-hybridized carbons (Fsp3) is 0.211. The Morgan fingerprint density at radius 3 is 2.39 bits per heavy atom. The van der Waals surface area contributed by atoms with Crippen molar-refractivity contribution in [2.75, 3.05) is 11.4 Å². The maximum atomic E-state index is 12.7. The minimum absolute atomic E-state index is 0.0818. The smallest absolute Gasteiger partial charge is 0.339 e. The summed E-state index contributed by atoms with van der Waals surface area (Å²) < 4.78 is 43.3. The van der Waals surface area contributed by atoms with E-state index in [4.69, 9.17) is 16.1 Å². The zero-order valence-corrected chi connectivity index (χ0v) is 15.0. The first-order valence-corrected chi connectivity index (χ1v) is 8.76. The molecule has 0 bridgehead atoms. The van der Waals surface area contributed by atoms with E-state index in [9.17, 15) is 18.0 Å². The van der Waals surface area contributed by atoms with Gasteiger partial charge in [0, 0.05) is 29.2 Å². The van der Waals surface area contributed by atoms with Crippen LogP contribution < -0.4 is 4.90 Å². The summed E-state index contributed by atoms with van der Waals surface area (Å²) in [4.78, 5) is 18.2. The first kappa shape index (κ1) is 18.5. The summed E-state index contributed by atoms with van der Waals surface area (Å²) in [6.07, 6.45) is -4.20. The van der Waals surface area contributed by atoms with Crippen LogP contribution in [0.15, 0.2) is 53.1 Å². The van der Waals surface area contributed by atoms with Gasteiger partial charge in [0.2, 0.25) is 17.6 Å². The third kappa shape index (κ3) is 3.60. The summed E-state index contributed by atoms with van der Waals surface area (Å²) in [6.45, 7) is 0.370. The SMILES string of the molecule is O=C1C[C@H](c2nc(-c3ccc(C(F)(F)F)cc3)no2)CN1c1ccc(Cl)cc1. The van der Waals surface area contributed by atoms with E-state index in [0.29, 0.717) is 17.1 Å². The van der Waals surface area contributed by atoms with Crippen LogP contribution in [-0.2, 0) is 11.0 Å². The molecule has 5 nitrogen and oxygen atoms in total. The number of aromatic nitrogens is 2. The maximum absolute atomic E-state index is 12.7. The quantitative estimate of drug-likeness (QED) is 0.617. The lowest BCUT2D eigenvalue weighted by molar-refractivity contribution is -0.137. The zero-order valence-electron chi connectivity index (χ0n) is 14.3. The second kappa shape index (κ2) is 6.94. The molecule has 1 aliphatic heterocycles. The summed E-state index contributed by atoms with van der Waals surface area (Å²) in [7, 11) is 0. The van der Waals surface area contributed by atoms with E-state index in [1.165, 1.54) is 12.1 Å². The number of rotatable bonds is 3. The van der Waals surface area contributed by atoms with E-state index in [2.05, 4.69) is 10.1 Å². The van der Waals surface area contributed by atoms with Crippen molar-refractivity contribution in [2.24, 2.45) is 0 Å². The molecular weight excluding hydrogens is 395 g/mol. The molecular formula is C19H13ClF3N3O2. The van der Waals surface area contributed by atoms with Gasteiger partial charge in [0.15, 0.2) is 0 Å². The number of nitrogens with zero attached hydrogens (tertiary/aromatic N) is 3. The van der Waals surface area contributed by atoms with Crippen molar-refractivity contribution >= 4 is 23.2 Å². The Bertz CT molecular complexity index is 1000. The van der Waals surface area contributed by atoms with E-state index in [-0.39, 0.29) is 30.0 Å². The molecule has 1 atom stereocenters. The third-order valence-corrected chi connectivity index (χ3v) is 4.78. The van der Waals surface area contributed by atoms with Gasteiger partial charge < -0.3 is 9.42 Å². The second-order valence-corrected chi connectivity index (χ2v) is 6.85. The minimum atomic E-state index is -4.41. The van der Waals surface area contributed by atoms with Crippen molar-refractivity contribution in [3.8, 4) is 11.4 Å². The highest BCUT2D eigenvalue weighted by Crippen LogP contribution is 2.33. The Morgan fingerprint density at radius 1 is 1.07 bits per heavy atom. The van der Waals surface area contributed by atoms with E-state index in [1.54, 1.807) is 29.2 Å². The third-order valence-electron chi connectivity index (χ3n) is 4.52. The van der Waals surface area contributed by atoms with Crippen LogP contribution in [-0.4, -0.2) is 22.6 Å². The Hall–Kier alpha value is -2.87. The van der Waals surface area contributed by atoms with Crippen molar-refractivity contribution < 1.29 is 22.5 Å². The van der Waals surface area contributed by atoms with Gasteiger partial charge in [-0.3, -0.25) is 4.79 Å². The number of benzene rings is 2. The number of hydrogen-bond acceptors (Lipinski definition) is 4. The predicted octanol–water partition coefficient (Wildman–Crippen LogP) is 4.93. The van der Waals surface area contributed by atoms with Crippen LogP contribution in [0.3, 0.4) is 0 Å². The number of amides is 1. The van der Waals surface area contributed by atoms with Crippen LogP contribution in [0, 0.1) is 0 Å². The lowest BCUT2D eigenvalue weighted by Gasteiger charge is -2.15. The average Bonchev–Trinajstić information content (AvgIpc) is 3.29. The fourth-order valence-corrected chi connectivity index (χ4v) is 3.20. The van der Waals surface area contributed by atoms with Crippen LogP contribution in [0.1, 0.15) is 23.8 Å². The molecule has 144 valence electrons. The van der Waals surface area contributed by atoms with E-state index in [0.717, 1.165) is 17.8 Å². The molecule has 2 heterocycles. The molecule has 3 aromatic rings. The van der Waals surface area contributed by atoms with Crippen molar-refractivity contribution in [1.29, 1.82) is 0 Å². The molecule has 0 spiro atoms. The summed E-state index contributed by atoms with van der Waals surface area (Å²) in [5.41, 5.74) is 0.376. The van der Waals surface area contributed by atoms with Crippen molar-refractivity contribution in [3.05, 3.63) is 65.0 Å². The molecule has 1 amide bonds. The first-order chi connectivity index (χ1) is 13.3. The molecule has 0 N–H and O–H groups in total. The Labute approximate surface area is 162 Å². The summed E-state index contributed by atoms with van der Waals surface area (Å²) in [5.74, 6) is 0.0845. The molecule has 0 saturated carbocycles. The number of carbonyl (C=O) groups is 1. The topological polar surface area (TPSA) is 59.2 Å². The van der Waals surface area contributed by atoms with Crippen LogP contribution in [0.4, 0.5) is 18.9 Å². The van der Waals surface area contributed by atoms with Crippen LogP contribution in [0.2, 0.25) is 5.02 Å². The summed E-state index contributed by atoms with van der Waals surface area (Å²) in [6, 6.07) is 11.4. The molecule has 1 aromatic heterocycles.